The lowest BCUT2D eigenvalue weighted by atomic mass is 9.98. The molecule has 0 radical (unpaired) electrons. The van der Waals surface area contributed by atoms with Gasteiger partial charge in [-0.15, -0.1) is 0 Å². The Balaban J connectivity index is 2.66. The molecular weight excluding hydrogens is 503 g/mol. The van der Waals surface area contributed by atoms with Gasteiger partial charge >= 0.3 is 18.4 Å². The molecular formula is C22H20F7N3O2S. The molecule has 0 aromatic heterocycles. The number of ether oxygens (including phenoxy) is 1. The van der Waals surface area contributed by atoms with Gasteiger partial charge in [-0.25, -0.2) is 9.18 Å². The molecule has 2 N–H and O–H groups in total. The Morgan fingerprint density at radius 2 is 1.74 bits per heavy atom. The molecule has 0 fully saturated rings. The van der Waals surface area contributed by atoms with E-state index in [0.29, 0.717) is 24.6 Å². The number of allylic oxidation sites excluding steroid dienone is 1. The summed E-state index contributed by atoms with van der Waals surface area (Å²) in [6.45, 7) is 0.312. The lowest BCUT2D eigenvalue weighted by Crippen LogP contribution is -2.30. The molecule has 0 bridgehead atoms. The molecule has 2 aromatic carbocycles. The van der Waals surface area contributed by atoms with Crippen LogP contribution >= 0.6 is 11.8 Å². The van der Waals surface area contributed by atoms with Crippen LogP contribution in [0, 0.1) is 11.2 Å². The van der Waals surface area contributed by atoms with Crippen LogP contribution in [0.2, 0.25) is 0 Å². The molecule has 0 atom stereocenters. The van der Waals surface area contributed by atoms with E-state index in [0.717, 1.165) is 42.4 Å². The minimum Gasteiger partial charge on any atom is -0.409 e. The summed E-state index contributed by atoms with van der Waals surface area (Å²) in [6, 6.07) is 4.54. The predicted octanol–water partition coefficient (Wildman–Crippen LogP) is 6.44. The van der Waals surface area contributed by atoms with Crippen molar-refractivity contribution < 1.29 is 40.3 Å². The van der Waals surface area contributed by atoms with Crippen molar-refractivity contribution in [2.24, 2.45) is 0 Å². The van der Waals surface area contributed by atoms with Crippen molar-refractivity contribution in [2.75, 3.05) is 30.5 Å². The monoisotopic (exact) mass is 523 g/mol. The fourth-order valence-corrected chi connectivity index (χ4v) is 3.12. The van der Waals surface area contributed by atoms with E-state index in [2.05, 4.69) is 5.32 Å². The zero-order chi connectivity index (χ0) is 26.4. The molecule has 0 aliphatic rings. The maximum atomic E-state index is 13.8. The molecule has 0 saturated heterocycles. The fraction of sp³-hybridized carbons (Fsp3) is 0.273. The number of hydrogen-bond donors (Lipinski definition) is 2. The van der Waals surface area contributed by atoms with Gasteiger partial charge in [-0.2, -0.15) is 38.1 Å². The number of amides is 1. The van der Waals surface area contributed by atoms with E-state index < -0.39 is 46.7 Å². The number of halogens is 7. The van der Waals surface area contributed by atoms with Crippen LogP contribution in [-0.2, 0) is 12.4 Å². The Kier molecular flexibility index (Phi) is 9.18. The molecule has 0 saturated carbocycles. The van der Waals surface area contributed by atoms with Crippen LogP contribution in [0.15, 0.2) is 42.6 Å². The average molecular weight is 523 g/mol. The minimum absolute atomic E-state index is 0.0555. The molecule has 190 valence electrons. The second kappa shape index (κ2) is 11.5. The maximum absolute atomic E-state index is 13.8. The van der Waals surface area contributed by atoms with Gasteiger partial charge in [0, 0.05) is 48.6 Å². The molecule has 5 nitrogen and oxygen atoms in total. The van der Waals surface area contributed by atoms with Crippen molar-refractivity contribution in [1.29, 1.82) is 5.41 Å². The highest BCUT2D eigenvalue weighted by molar-refractivity contribution is 7.98. The van der Waals surface area contributed by atoms with Crippen molar-refractivity contribution in [3.8, 4) is 5.75 Å². The maximum Gasteiger partial charge on any atom is 0.420 e. The van der Waals surface area contributed by atoms with Crippen molar-refractivity contribution >= 4 is 35.3 Å². The number of thioether (sulfide) groups is 1. The average Bonchev–Trinajstić information content (AvgIpc) is 2.78. The number of rotatable bonds is 8. The van der Waals surface area contributed by atoms with Crippen LogP contribution in [-0.4, -0.2) is 37.9 Å². The smallest absolute Gasteiger partial charge is 0.409 e. The normalized spacial score (nSPS) is 12.3. The zero-order valence-electron chi connectivity index (χ0n) is 18.4. The first-order valence-corrected chi connectivity index (χ1v) is 11.2. The number of anilines is 1. The third kappa shape index (κ3) is 7.38. The topological polar surface area (TPSA) is 65.4 Å². The van der Waals surface area contributed by atoms with Crippen LogP contribution in [0.3, 0.4) is 0 Å². The molecule has 1 amide bonds. The number of nitrogens with one attached hydrogen (secondary N) is 2. The first-order valence-electron chi connectivity index (χ1n) is 9.76. The van der Waals surface area contributed by atoms with E-state index in [-0.39, 0.29) is 17.3 Å². The SMILES string of the molecule is CSCCN/C=C(\C=N)c1cc(C(F)(F)F)cc(C(F)(F)F)c1OC(=O)N(C)c1ccc(F)cc1. The van der Waals surface area contributed by atoms with Crippen molar-refractivity contribution in [3.05, 3.63) is 65.1 Å². The summed E-state index contributed by atoms with van der Waals surface area (Å²) in [5.41, 5.74) is -4.57. The van der Waals surface area contributed by atoms with Gasteiger partial charge in [-0.1, -0.05) is 0 Å². The molecule has 0 unspecified atom stereocenters. The van der Waals surface area contributed by atoms with Gasteiger partial charge in [0.2, 0.25) is 0 Å². The molecule has 35 heavy (non-hydrogen) atoms. The quantitative estimate of drug-likeness (QED) is 0.237. The van der Waals surface area contributed by atoms with Crippen LogP contribution in [0.5, 0.6) is 5.75 Å². The predicted molar refractivity (Wildman–Crippen MR) is 120 cm³/mol. The number of carbonyl (C=O) groups is 1. The van der Waals surface area contributed by atoms with Gasteiger partial charge in [-0.3, -0.25) is 4.90 Å². The Morgan fingerprint density at radius 3 is 2.26 bits per heavy atom. The van der Waals surface area contributed by atoms with Gasteiger partial charge in [0.25, 0.3) is 0 Å². The molecule has 13 heteroatoms. The highest BCUT2D eigenvalue weighted by Crippen LogP contribution is 2.44. The van der Waals surface area contributed by atoms with E-state index in [1.165, 1.54) is 11.8 Å². The fourth-order valence-electron chi connectivity index (χ4n) is 2.79. The van der Waals surface area contributed by atoms with Crippen molar-refractivity contribution in [1.82, 2.24) is 5.32 Å². The van der Waals surface area contributed by atoms with Gasteiger partial charge in [0.05, 0.1) is 11.1 Å². The zero-order valence-corrected chi connectivity index (χ0v) is 19.2. The number of alkyl halides is 6. The van der Waals surface area contributed by atoms with Gasteiger partial charge in [0.1, 0.15) is 5.82 Å². The molecule has 0 aliphatic heterocycles. The Hall–Kier alpha value is -3.22. The summed E-state index contributed by atoms with van der Waals surface area (Å²) >= 11 is 1.44. The summed E-state index contributed by atoms with van der Waals surface area (Å²) < 4.78 is 99.9. The van der Waals surface area contributed by atoms with Gasteiger partial charge in [0.15, 0.2) is 5.75 Å². The number of carbonyl (C=O) groups excluding carboxylic acids is 1. The van der Waals surface area contributed by atoms with Gasteiger partial charge in [-0.05, 0) is 42.7 Å². The second-order valence-corrected chi connectivity index (χ2v) is 7.98. The first-order chi connectivity index (χ1) is 16.3. The summed E-state index contributed by atoms with van der Waals surface area (Å²) in [4.78, 5) is 13.4. The van der Waals surface area contributed by atoms with Crippen molar-refractivity contribution in [3.63, 3.8) is 0 Å². The van der Waals surface area contributed by atoms with E-state index in [4.69, 9.17) is 10.1 Å². The van der Waals surface area contributed by atoms with Crippen molar-refractivity contribution in [2.45, 2.75) is 12.4 Å². The molecule has 2 aromatic rings. The standard InChI is InChI=1S/C22H20F7N3O2S/c1-32(16-5-3-15(23)4-6-16)20(33)34-19-17(13(11-30)12-31-7-8-35-2)9-14(21(24,25)26)10-18(19)22(27,28)29/h3-6,9-12,30-31H,7-8H2,1-2H3/b13-12+,30-11?. The number of benzene rings is 2. The molecule has 0 aliphatic carbocycles. The largest absolute Gasteiger partial charge is 0.420 e. The summed E-state index contributed by atoms with van der Waals surface area (Å²) in [5.74, 6) is -1.26. The number of hydrogen-bond acceptors (Lipinski definition) is 5. The Morgan fingerprint density at radius 1 is 1.11 bits per heavy atom. The van der Waals surface area contributed by atoms with E-state index >= 15 is 0 Å². The summed E-state index contributed by atoms with van der Waals surface area (Å²) in [6.07, 6.45) is -8.45. The van der Waals surface area contributed by atoms with Crippen LogP contribution in [0.4, 0.5) is 41.2 Å². The highest BCUT2D eigenvalue weighted by Gasteiger charge is 2.41. The van der Waals surface area contributed by atoms with E-state index in [9.17, 15) is 35.5 Å². The van der Waals surface area contributed by atoms with Crippen LogP contribution < -0.4 is 15.0 Å². The van der Waals surface area contributed by atoms with E-state index in [1.807, 2.05) is 0 Å². The Labute approximate surface area is 200 Å². The molecule has 0 heterocycles. The molecule has 2 rings (SSSR count). The summed E-state index contributed by atoms with van der Waals surface area (Å²) in [7, 11) is 1.13. The minimum atomic E-state index is -5.33. The highest BCUT2D eigenvalue weighted by atomic mass is 32.2. The van der Waals surface area contributed by atoms with E-state index in [1.54, 1.807) is 6.26 Å². The second-order valence-electron chi connectivity index (χ2n) is 6.99. The third-order valence-corrected chi connectivity index (χ3v) is 5.19. The number of nitrogens with zero attached hydrogens (tertiary/aromatic N) is 1. The van der Waals surface area contributed by atoms with Crippen LogP contribution in [0.25, 0.3) is 5.57 Å². The molecule has 0 spiro atoms. The lowest BCUT2D eigenvalue weighted by Gasteiger charge is -2.22. The lowest BCUT2D eigenvalue weighted by molar-refractivity contribution is -0.143. The summed E-state index contributed by atoms with van der Waals surface area (Å²) in [5, 5.41) is 10.3. The van der Waals surface area contributed by atoms with Crippen LogP contribution in [0.1, 0.15) is 16.7 Å². The first kappa shape index (κ1) is 28.0. The van der Waals surface area contributed by atoms with Gasteiger partial charge < -0.3 is 15.5 Å². The Bertz CT molecular complexity index is 1080. The third-order valence-electron chi connectivity index (χ3n) is 4.57.